The second-order valence-corrected chi connectivity index (χ2v) is 6.44. The van der Waals surface area contributed by atoms with Gasteiger partial charge in [-0.25, -0.2) is 8.42 Å². The van der Waals surface area contributed by atoms with Gasteiger partial charge < -0.3 is 5.11 Å². The highest BCUT2D eigenvalue weighted by Crippen LogP contribution is 2.26. The average Bonchev–Trinajstić information content (AvgIpc) is 2.69. The molecular formula is C11H20ClN3O3S. The van der Waals surface area contributed by atoms with Crippen molar-refractivity contribution in [2.45, 2.75) is 37.8 Å². The first-order chi connectivity index (χ1) is 8.89. The quantitative estimate of drug-likeness (QED) is 0.822. The third kappa shape index (κ3) is 3.28. The molecule has 0 radical (unpaired) electrons. The molecule has 0 aliphatic heterocycles. The predicted octanol–water partition coefficient (Wildman–Crippen LogP) is 1.25. The summed E-state index contributed by atoms with van der Waals surface area (Å²) in [6.07, 6.45) is 2.65. The minimum atomic E-state index is -3.76. The van der Waals surface area contributed by atoms with Gasteiger partial charge in [-0.2, -0.15) is 9.40 Å². The van der Waals surface area contributed by atoms with Gasteiger partial charge in [-0.3, -0.25) is 4.68 Å². The fourth-order valence-corrected chi connectivity index (χ4v) is 4.47. The number of aliphatic hydroxyl groups is 1. The van der Waals surface area contributed by atoms with Gasteiger partial charge in [-0.15, -0.1) is 0 Å². The lowest BCUT2D eigenvalue weighted by atomic mass is 10.2. The Morgan fingerprint density at radius 3 is 2.42 bits per heavy atom. The van der Waals surface area contributed by atoms with Crippen LogP contribution in [0.3, 0.4) is 0 Å². The molecule has 0 fully saturated rings. The Bertz CT molecular complexity index is 492. The van der Waals surface area contributed by atoms with Crippen LogP contribution in [-0.4, -0.2) is 46.8 Å². The summed E-state index contributed by atoms with van der Waals surface area (Å²) in [5.41, 5.74) is 0. The molecule has 0 unspecified atom stereocenters. The summed E-state index contributed by atoms with van der Waals surface area (Å²) in [4.78, 5) is 0. The van der Waals surface area contributed by atoms with E-state index in [1.807, 2.05) is 13.8 Å². The number of aryl methyl sites for hydroxylation is 1. The molecule has 110 valence electrons. The lowest BCUT2D eigenvalue weighted by Gasteiger charge is -2.28. The van der Waals surface area contributed by atoms with Crippen molar-refractivity contribution in [1.29, 1.82) is 0 Å². The number of hydrogen-bond acceptors (Lipinski definition) is 4. The van der Waals surface area contributed by atoms with Crippen molar-refractivity contribution in [2.75, 3.05) is 13.2 Å². The minimum absolute atomic E-state index is 0.0329. The maximum absolute atomic E-state index is 12.7. The van der Waals surface area contributed by atoms with Crippen LogP contribution in [0.1, 0.15) is 26.7 Å². The smallest absolute Gasteiger partial charge is 0.262 e. The molecule has 1 aromatic heterocycles. The van der Waals surface area contributed by atoms with E-state index < -0.39 is 10.0 Å². The SMILES string of the molecule is CCC(CC)N(CCO)S(=O)(=O)c1c(Cl)cnn1C. The monoisotopic (exact) mass is 309 g/mol. The van der Waals surface area contributed by atoms with Crippen molar-refractivity contribution in [3.63, 3.8) is 0 Å². The van der Waals surface area contributed by atoms with Crippen LogP contribution in [0.15, 0.2) is 11.2 Å². The van der Waals surface area contributed by atoms with Gasteiger partial charge >= 0.3 is 0 Å². The molecule has 6 nitrogen and oxygen atoms in total. The fraction of sp³-hybridized carbons (Fsp3) is 0.727. The van der Waals surface area contributed by atoms with Gasteiger partial charge in [0.2, 0.25) is 0 Å². The van der Waals surface area contributed by atoms with Crippen LogP contribution < -0.4 is 0 Å². The van der Waals surface area contributed by atoms with Crippen LogP contribution in [0.25, 0.3) is 0 Å². The van der Waals surface area contributed by atoms with Gasteiger partial charge in [-0.05, 0) is 12.8 Å². The third-order valence-electron chi connectivity index (χ3n) is 3.07. The first-order valence-corrected chi connectivity index (χ1v) is 8.02. The molecule has 1 N–H and O–H groups in total. The van der Waals surface area contributed by atoms with Crippen LogP contribution >= 0.6 is 11.6 Å². The molecule has 0 aliphatic rings. The van der Waals surface area contributed by atoms with Crippen LogP contribution in [0.2, 0.25) is 5.02 Å². The number of rotatable bonds is 7. The van der Waals surface area contributed by atoms with Crippen LogP contribution in [0.4, 0.5) is 0 Å². The standard InChI is InChI=1S/C11H20ClN3O3S/c1-4-9(5-2)15(6-7-16)19(17,18)11-10(12)8-13-14(11)3/h8-9,16H,4-7H2,1-3H3. The summed E-state index contributed by atoms with van der Waals surface area (Å²) in [5, 5.41) is 13.0. The second kappa shape index (κ2) is 6.69. The Kier molecular flexibility index (Phi) is 5.79. The van der Waals surface area contributed by atoms with Crippen molar-refractivity contribution in [3.8, 4) is 0 Å². The molecule has 0 saturated heterocycles. The molecule has 1 heterocycles. The van der Waals surface area contributed by atoms with E-state index in [-0.39, 0.29) is 29.2 Å². The Morgan fingerprint density at radius 2 is 2.05 bits per heavy atom. The molecule has 1 rings (SSSR count). The van der Waals surface area contributed by atoms with Crippen molar-refractivity contribution in [3.05, 3.63) is 11.2 Å². The van der Waals surface area contributed by atoms with E-state index in [9.17, 15) is 8.42 Å². The van der Waals surface area contributed by atoms with Crippen LogP contribution in [0.5, 0.6) is 0 Å². The number of aromatic nitrogens is 2. The van der Waals surface area contributed by atoms with Crippen molar-refractivity contribution in [1.82, 2.24) is 14.1 Å². The summed E-state index contributed by atoms with van der Waals surface area (Å²) >= 11 is 5.91. The lowest BCUT2D eigenvalue weighted by Crippen LogP contribution is -2.42. The minimum Gasteiger partial charge on any atom is -0.395 e. The molecular weight excluding hydrogens is 290 g/mol. The molecule has 1 aromatic rings. The third-order valence-corrected chi connectivity index (χ3v) is 5.53. The summed E-state index contributed by atoms with van der Waals surface area (Å²) in [5.74, 6) is 0. The molecule has 0 aromatic carbocycles. The van der Waals surface area contributed by atoms with E-state index >= 15 is 0 Å². The summed E-state index contributed by atoms with van der Waals surface area (Å²) in [6, 6.07) is -0.164. The molecule has 0 bridgehead atoms. The van der Waals surface area contributed by atoms with Crippen molar-refractivity contribution < 1.29 is 13.5 Å². The van der Waals surface area contributed by atoms with Gasteiger partial charge in [0.15, 0.2) is 5.03 Å². The zero-order chi connectivity index (χ0) is 14.6. The zero-order valence-electron chi connectivity index (χ0n) is 11.4. The molecule has 0 atom stereocenters. The van der Waals surface area contributed by atoms with Gasteiger partial charge in [-0.1, -0.05) is 25.4 Å². The fourth-order valence-electron chi connectivity index (χ4n) is 2.09. The number of nitrogens with zero attached hydrogens (tertiary/aromatic N) is 3. The molecule has 8 heteroatoms. The van der Waals surface area contributed by atoms with Crippen LogP contribution in [0, 0.1) is 0 Å². The Morgan fingerprint density at radius 1 is 1.47 bits per heavy atom. The molecule has 0 amide bonds. The van der Waals surface area contributed by atoms with E-state index in [1.165, 1.54) is 22.2 Å². The summed E-state index contributed by atoms with van der Waals surface area (Å²) in [6.45, 7) is 3.65. The van der Waals surface area contributed by atoms with E-state index in [4.69, 9.17) is 16.7 Å². The highest BCUT2D eigenvalue weighted by Gasteiger charge is 2.33. The maximum atomic E-state index is 12.7. The van der Waals surface area contributed by atoms with E-state index in [0.717, 1.165) is 0 Å². The predicted molar refractivity (Wildman–Crippen MR) is 73.6 cm³/mol. The van der Waals surface area contributed by atoms with E-state index in [1.54, 1.807) is 0 Å². The number of hydrogen-bond donors (Lipinski definition) is 1. The Labute approximate surface area is 119 Å². The van der Waals surface area contributed by atoms with Crippen molar-refractivity contribution in [2.24, 2.45) is 7.05 Å². The zero-order valence-corrected chi connectivity index (χ0v) is 12.9. The van der Waals surface area contributed by atoms with Gasteiger partial charge in [0.25, 0.3) is 10.0 Å². The number of halogens is 1. The topological polar surface area (TPSA) is 75.4 Å². The highest BCUT2D eigenvalue weighted by atomic mass is 35.5. The highest BCUT2D eigenvalue weighted by molar-refractivity contribution is 7.89. The average molecular weight is 310 g/mol. The largest absolute Gasteiger partial charge is 0.395 e. The number of sulfonamides is 1. The first-order valence-electron chi connectivity index (χ1n) is 6.20. The summed E-state index contributed by atoms with van der Waals surface area (Å²) < 4.78 is 27.8. The van der Waals surface area contributed by atoms with Crippen molar-refractivity contribution >= 4 is 21.6 Å². The summed E-state index contributed by atoms with van der Waals surface area (Å²) in [7, 11) is -2.23. The number of aliphatic hydroxyl groups excluding tert-OH is 1. The molecule has 19 heavy (non-hydrogen) atoms. The van der Waals surface area contributed by atoms with Crippen LogP contribution in [-0.2, 0) is 17.1 Å². The van der Waals surface area contributed by atoms with E-state index in [2.05, 4.69) is 5.10 Å². The maximum Gasteiger partial charge on any atom is 0.262 e. The lowest BCUT2D eigenvalue weighted by molar-refractivity contribution is 0.219. The normalized spacial score (nSPS) is 12.6. The molecule has 0 aliphatic carbocycles. The second-order valence-electron chi connectivity index (χ2n) is 4.23. The molecule has 0 spiro atoms. The Balaban J connectivity index is 3.28. The first kappa shape index (κ1) is 16.4. The van der Waals surface area contributed by atoms with E-state index in [0.29, 0.717) is 12.8 Å². The van der Waals surface area contributed by atoms with Gasteiger partial charge in [0, 0.05) is 19.6 Å². The molecule has 0 saturated carbocycles. The Hall–Kier alpha value is -0.630. The van der Waals surface area contributed by atoms with Gasteiger partial charge in [0.05, 0.1) is 17.8 Å². The van der Waals surface area contributed by atoms with Gasteiger partial charge in [0.1, 0.15) is 0 Å².